The van der Waals surface area contributed by atoms with Crippen LogP contribution in [0.15, 0.2) is 30.7 Å². The lowest BCUT2D eigenvalue weighted by Gasteiger charge is -2.06. The van der Waals surface area contributed by atoms with Crippen LogP contribution in [0.5, 0.6) is 0 Å². The van der Waals surface area contributed by atoms with Crippen LogP contribution in [-0.2, 0) is 0 Å². The first-order chi connectivity index (χ1) is 6.79. The molecule has 0 spiro atoms. The molecule has 0 aliphatic carbocycles. The van der Waals surface area contributed by atoms with Gasteiger partial charge in [-0.25, -0.2) is 4.98 Å². The molecule has 2 rings (SSSR count). The summed E-state index contributed by atoms with van der Waals surface area (Å²) in [5, 5.41) is 7.96. The van der Waals surface area contributed by atoms with E-state index in [0.29, 0.717) is 5.92 Å². The Kier molecular flexibility index (Phi) is 2.26. The Hall–Kier alpha value is -1.71. The highest BCUT2D eigenvalue weighted by atomic mass is 15.3. The van der Waals surface area contributed by atoms with Crippen LogP contribution in [0.3, 0.4) is 0 Å². The summed E-state index contributed by atoms with van der Waals surface area (Å²) >= 11 is 0. The van der Waals surface area contributed by atoms with Gasteiger partial charge in [-0.1, -0.05) is 19.9 Å². The minimum atomic E-state index is 0.347. The third kappa shape index (κ3) is 1.51. The van der Waals surface area contributed by atoms with Crippen LogP contribution in [0.4, 0.5) is 0 Å². The molecule has 0 bridgehead atoms. The second kappa shape index (κ2) is 3.57. The van der Waals surface area contributed by atoms with E-state index in [1.807, 2.05) is 22.8 Å². The monoisotopic (exact) mass is 188 g/mol. The largest absolute Gasteiger partial charge is 0.269 e. The van der Waals surface area contributed by atoms with Crippen molar-refractivity contribution >= 4 is 0 Å². The maximum absolute atomic E-state index is 4.25. The van der Waals surface area contributed by atoms with Crippen LogP contribution in [0, 0.1) is 0 Å². The molecule has 0 amide bonds. The molecule has 0 aliphatic heterocycles. The maximum atomic E-state index is 4.25. The second-order valence-electron chi connectivity index (χ2n) is 3.40. The van der Waals surface area contributed by atoms with Crippen LogP contribution in [0.25, 0.3) is 5.82 Å². The molecule has 14 heavy (non-hydrogen) atoms. The first-order valence-electron chi connectivity index (χ1n) is 4.60. The second-order valence-corrected chi connectivity index (χ2v) is 3.40. The summed E-state index contributed by atoms with van der Waals surface area (Å²) in [5.41, 5.74) is 0. The first-order valence-corrected chi connectivity index (χ1v) is 4.60. The van der Waals surface area contributed by atoms with Crippen LogP contribution in [0.1, 0.15) is 25.6 Å². The molecule has 0 aliphatic rings. The number of hydrogen-bond donors (Lipinski definition) is 0. The van der Waals surface area contributed by atoms with Crippen molar-refractivity contribution in [2.24, 2.45) is 0 Å². The molecule has 4 nitrogen and oxygen atoms in total. The summed E-state index contributed by atoms with van der Waals surface area (Å²) in [5.74, 6) is 2.14. The summed E-state index contributed by atoms with van der Waals surface area (Å²) in [4.78, 5) is 4.25. The molecular weight excluding hydrogens is 176 g/mol. The minimum absolute atomic E-state index is 0.347. The number of aromatic nitrogens is 4. The molecular formula is C10H12N4. The molecule has 0 saturated carbocycles. The van der Waals surface area contributed by atoms with Gasteiger partial charge in [-0.15, -0.1) is 10.2 Å². The normalized spacial score (nSPS) is 10.8. The van der Waals surface area contributed by atoms with Crippen molar-refractivity contribution < 1.29 is 0 Å². The summed E-state index contributed by atoms with van der Waals surface area (Å²) in [6, 6.07) is 5.78. The van der Waals surface area contributed by atoms with E-state index in [2.05, 4.69) is 29.0 Å². The van der Waals surface area contributed by atoms with E-state index in [1.54, 1.807) is 12.5 Å². The lowest BCUT2D eigenvalue weighted by atomic mass is 10.2. The Morgan fingerprint density at radius 3 is 2.79 bits per heavy atom. The molecule has 4 heteroatoms. The van der Waals surface area contributed by atoms with Crippen LogP contribution in [-0.4, -0.2) is 19.7 Å². The Labute approximate surface area is 82.6 Å². The molecule has 0 radical (unpaired) electrons. The zero-order valence-corrected chi connectivity index (χ0v) is 8.25. The Morgan fingerprint density at radius 1 is 1.29 bits per heavy atom. The number of pyridine rings is 1. The Morgan fingerprint density at radius 2 is 2.14 bits per heavy atom. The van der Waals surface area contributed by atoms with E-state index in [1.165, 1.54) is 0 Å². The lowest BCUT2D eigenvalue weighted by Crippen LogP contribution is -2.03. The van der Waals surface area contributed by atoms with Crippen molar-refractivity contribution in [3.05, 3.63) is 36.5 Å². The topological polar surface area (TPSA) is 43.6 Å². The van der Waals surface area contributed by atoms with Gasteiger partial charge in [0.15, 0.2) is 0 Å². The quantitative estimate of drug-likeness (QED) is 0.721. The molecule has 2 heterocycles. The molecule has 0 saturated heterocycles. The SMILES string of the molecule is CC(C)c1nncn1-c1ccccn1. The van der Waals surface area contributed by atoms with Crippen LogP contribution >= 0.6 is 0 Å². The van der Waals surface area contributed by atoms with Crippen molar-refractivity contribution in [1.82, 2.24) is 19.7 Å². The van der Waals surface area contributed by atoms with Crippen molar-refractivity contribution in [1.29, 1.82) is 0 Å². The average molecular weight is 188 g/mol. The fraction of sp³-hybridized carbons (Fsp3) is 0.300. The highest BCUT2D eigenvalue weighted by Crippen LogP contribution is 2.14. The standard InChI is InChI=1S/C10H12N4/c1-8(2)10-13-12-7-14(10)9-5-3-4-6-11-9/h3-8H,1-2H3. The molecule has 0 N–H and O–H groups in total. The first kappa shape index (κ1) is 8.87. The van der Waals surface area contributed by atoms with Crippen molar-refractivity contribution in [3.63, 3.8) is 0 Å². The zero-order valence-electron chi connectivity index (χ0n) is 8.25. The van der Waals surface area contributed by atoms with E-state index in [0.717, 1.165) is 11.6 Å². The van der Waals surface area contributed by atoms with Gasteiger partial charge < -0.3 is 0 Å². The van der Waals surface area contributed by atoms with E-state index >= 15 is 0 Å². The molecule has 0 atom stereocenters. The maximum Gasteiger partial charge on any atom is 0.141 e. The van der Waals surface area contributed by atoms with Gasteiger partial charge in [0.05, 0.1) is 0 Å². The highest BCUT2D eigenvalue weighted by molar-refractivity contribution is 5.23. The fourth-order valence-electron chi connectivity index (χ4n) is 1.31. The molecule has 0 unspecified atom stereocenters. The van der Waals surface area contributed by atoms with Gasteiger partial charge in [0.1, 0.15) is 18.0 Å². The molecule has 2 aromatic rings. The van der Waals surface area contributed by atoms with Gasteiger partial charge >= 0.3 is 0 Å². The number of nitrogens with zero attached hydrogens (tertiary/aromatic N) is 4. The predicted molar refractivity (Wildman–Crippen MR) is 53.2 cm³/mol. The smallest absolute Gasteiger partial charge is 0.141 e. The van der Waals surface area contributed by atoms with E-state index in [-0.39, 0.29) is 0 Å². The van der Waals surface area contributed by atoms with Gasteiger partial charge in [-0.05, 0) is 12.1 Å². The lowest BCUT2D eigenvalue weighted by molar-refractivity contribution is 0.738. The van der Waals surface area contributed by atoms with Gasteiger partial charge in [0, 0.05) is 12.1 Å². The van der Waals surface area contributed by atoms with Gasteiger partial charge in [0.25, 0.3) is 0 Å². The number of hydrogen-bond acceptors (Lipinski definition) is 3. The average Bonchev–Trinajstić information content (AvgIpc) is 2.67. The van der Waals surface area contributed by atoms with E-state index in [4.69, 9.17) is 0 Å². The zero-order chi connectivity index (χ0) is 9.97. The summed E-state index contributed by atoms with van der Waals surface area (Å²) in [7, 11) is 0. The van der Waals surface area contributed by atoms with E-state index < -0.39 is 0 Å². The minimum Gasteiger partial charge on any atom is -0.269 e. The van der Waals surface area contributed by atoms with Crippen molar-refractivity contribution in [2.45, 2.75) is 19.8 Å². The molecule has 0 fully saturated rings. The molecule has 72 valence electrons. The van der Waals surface area contributed by atoms with E-state index in [9.17, 15) is 0 Å². The molecule has 0 aromatic carbocycles. The summed E-state index contributed by atoms with van der Waals surface area (Å²) < 4.78 is 1.91. The summed E-state index contributed by atoms with van der Waals surface area (Å²) in [6.07, 6.45) is 3.46. The van der Waals surface area contributed by atoms with Crippen LogP contribution < -0.4 is 0 Å². The highest BCUT2D eigenvalue weighted by Gasteiger charge is 2.09. The Balaban J connectivity index is 2.47. The predicted octanol–water partition coefficient (Wildman–Crippen LogP) is 1.79. The Bertz CT molecular complexity index is 405. The summed E-state index contributed by atoms with van der Waals surface area (Å²) in [6.45, 7) is 4.17. The van der Waals surface area contributed by atoms with Gasteiger partial charge in [-0.3, -0.25) is 4.57 Å². The van der Waals surface area contributed by atoms with Gasteiger partial charge in [0.2, 0.25) is 0 Å². The van der Waals surface area contributed by atoms with Crippen LogP contribution in [0.2, 0.25) is 0 Å². The number of rotatable bonds is 2. The fourth-order valence-corrected chi connectivity index (χ4v) is 1.31. The third-order valence-corrected chi connectivity index (χ3v) is 1.99. The molecule has 2 aromatic heterocycles. The third-order valence-electron chi connectivity index (χ3n) is 1.99. The van der Waals surface area contributed by atoms with Gasteiger partial charge in [-0.2, -0.15) is 0 Å². The van der Waals surface area contributed by atoms with Crippen molar-refractivity contribution in [3.8, 4) is 5.82 Å². The van der Waals surface area contributed by atoms with Crippen molar-refractivity contribution in [2.75, 3.05) is 0 Å².